The maximum Gasteiger partial charge on any atom is 0.128 e. The smallest absolute Gasteiger partial charge is 0.128 e. The molecule has 0 aliphatic heterocycles. The molecule has 1 fully saturated rings. The van der Waals surface area contributed by atoms with E-state index >= 15 is 0 Å². The van der Waals surface area contributed by atoms with Crippen LogP contribution in [-0.2, 0) is 0 Å². The molecule has 0 spiro atoms. The summed E-state index contributed by atoms with van der Waals surface area (Å²) in [4.78, 5) is 4.14. The van der Waals surface area contributed by atoms with Crippen LogP contribution in [0.15, 0.2) is 12.3 Å². The molecule has 3 N–H and O–H groups in total. The van der Waals surface area contributed by atoms with Crippen molar-refractivity contribution in [2.75, 3.05) is 12.8 Å². The number of hydrogen-bond donors (Lipinski definition) is 2. The van der Waals surface area contributed by atoms with E-state index in [9.17, 15) is 0 Å². The van der Waals surface area contributed by atoms with Gasteiger partial charge in [0.15, 0.2) is 0 Å². The molecule has 0 saturated heterocycles. The number of anilines is 1. The molecule has 0 amide bonds. The van der Waals surface area contributed by atoms with Gasteiger partial charge in [0.25, 0.3) is 0 Å². The molecular formula is C13H20ClN3. The first-order valence-electron chi connectivity index (χ1n) is 6.20. The summed E-state index contributed by atoms with van der Waals surface area (Å²) in [5.41, 5.74) is 7.00. The van der Waals surface area contributed by atoms with Crippen LogP contribution < -0.4 is 11.1 Å². The zero-order valence-electron chi connectivity index (χ0n) is 10.4. The molecular weight excluding hydrogens is 234 g/mol. The third kappa shape index (κ3) is 2.72. The Hall–Kier alpha value is -0.800. The van der Waals surface area contributed by atoms with Crippen LogP contribution in [0, 0.1) is 11.8 Å². The lowest BCUT2D eigenvalue weighted by molar-refractivity contribution is 0.380. The SMILES string of the molecule is CNC(c1cc(Cl)cnc1N)C1CCC(C)C1. The molecule has 4 heteroatoms. The number of aromatic nitrogens is 1. The maximum absolute atomic E-state index is 6.01. The number of pyridine rings is 1. The van der Waals surface area contributed by atoms with E-state index in [0.29, 0.717) is 16.8 Å². The largest absolute Gasteiger partial charge is 0.383 e. The topological polar surface area (TPSA) is 50.9 Å². The minimum absolute atomic E-state index is 0.270. The van der Waals surface area contributed by atoms with Crippen molar-refractivity contribution in [3.05, 3.63) is 22.8 Å². The number of nitrogens with zero attached hydrogens (tertiary/aromatic N) is 1. The number of nitrogen functional groups attached to an aromatic ring is 1. The standard InChI is InChI=1S/C13H20ClN3/c1-8-3-4-9(5-8)12(16-2)11-6-10(14)7-17-13(11)15/h6-9,12,16H,3-5H2,1-2H3,(H2,15,17). The highest BCUT2D eigenvalue weighted by molar-refractivity contribution is 6.30. The van der Waals surface area contributed by atoms with Crippen molar-refractivity contribution in [1.29, 1.82) is 0 Å². The molecule has 94 valence electrons. The predicted octanol–water partition coefficient (Wildman–Crippen LogP) is 3.01. The Balaban J connectivity index is 2.25. The second kappa shape index (κ2) is 5.23. The normalized spacial score (nSPS) is 26.1. The van der Waals surface area contributed by atoms with Gasteiger partial charge in [-0.1, -0.05) is 24.9 Å². The minimum Gasteiger partial charge on any atom is -0.383 e. The van der Waals surface area contributed by atoms with Gasteiger partial charge in [0.2, 0.25) is 0 Å². The summed E-state index contributed by atoms with van der Waals surface area (Å²) in [6.07, 6.45) is 5.40. The number of nitrogens with two attached hydrogens (primary N) is 1. The molecule has 3 atom stereocenters. The quantitative estimate of drug-likeness (QED) is 0.871. The number of halogens is 1. The van der Waals surface area contributed by atoms with Crippen molar-refractivity contribution in [3.8, 4) is 0 Å². The molecule has 1 saturated carbocycles. The van der Waals surface area contributed by atoms with Crippen LogP contribution in [0.2, 0.25) is 5.02 Å². The molecule has 3 nitrogen and oxygen atoms in total. The lowest BCUT2D eigenvalue weighted by atomic mass is 9.91. The molecule has 1 aliphatic carbocycles. The maximum atomic E-state index is 6.01. The first-order valence-corrected chi connectivity index (χ1v) is 6.57. The number of hydrogen-bond acceptors (Lipinski definition) is 3. The van der Waals surface area contributed by atoms with Crippen molar-refractivity contribution in [2.24, 2.45) is 11.8 Å². The highest BCUT2D eigenvalue weighted by atomic mass is 35.5. The highest BCUT2D eigenvalue weighted by Crippen LogP contribution is 2.40. The van der Waals surface area contributed by atoms with Gasteiger partial charge in [-0.25, -0.2) is 4.98 Å². The van der Waals surface area contributed by atoms with Crippen LogP contribution in [0.4, 0.5) is 5.82 Å². The Morgan fingerprint density at radius 1 is 1.53 bits per heavy atom. The van der Waals surface area contributed by atoms with E-state index in [-0.39, 0.29) is 6.04 Å². The number of rotatable bonds is 3. The summed E-state index contributed by atoms with van der Waals surface area (Å²) in [7, 11) is 1.98. The number of nitrogens with one attached hydrogen (secondary N) is 1. The van der Waals surface area contributed by atoms with Crippen LogP contribution >= 0.6 is 11.6 Å². The first kappa shape index (κ1) is 12.7. The van der Waals surface area contributed by atoms with Crippen LogP contribution in [0.5, 0.6) is 0 Å². The second-order valence-electron chi connectivity index (χ2n) is 5.07. The second-order valence-corrected chi connectivity index (χ2v) is 5.51. The Morgan fingerprint density at radius 3 is 2.88 bits per heavy atom. The van der Waals surface area contributed by atoms with Crippen LogP contribution in [0.25, 0.3) is 0 Å². The highest BCUT2D eigenvalue weighted by Gasteiger charge is 2.30. The third-order valence-electron chi connectivity index (χ3n) is 3.77. The van der Waals surface area contributed by atoms with Gasteiger partial charge in [-0.2, -0.15) is 0 Å². The van der Waals surface area contributed by atoms with Crippen LogP contribution in [-0.4, -0.2) is 12.0 Å². The fraction of sp³-hybridized carbons (Fsp3) is 0.615. The van der Waals surface area contributed by atoms with Gasteiger partial charge in [0.05, 0.1) is 5.02 Å². The van der Waals surface area contributed by atoms with Crippen molar-refractivity contribution in [2.45, 2.75) is 32.2 Å². The predicted molar refractivity (Wildman–Crippen MR) is 72.0 cm³/mol. The third-order valence-corrected chi connectivity index (χ3v) is 3.98. The molecule has 1 aliphatic rings. The minimum atomic E-state index is 0.270. The van der Waals surface area contributed by atoms with E-state index in [4.69, 9.17) is 17.3 Å². The summed E-state index contributed by atoms with van der Waals surface area (Å²) in [6.45, 7) is 2.31. The Labute approximate surface area is 108 Å². The lowest BCUT2D eigenvalue weighted by Crippen LogP contribution is -2.25. The van der Waals surface area contributed by atoms with Crippen molar-refractivity contribution < 1.29 is 0 Å². The zero-order chi connectivity index (χ0) is 12.4. The molecule has 3 unspecified atom stereocenters. The van der Waals surface area contributed by atoms with Gasteiger partial charge in [0.1, 0.15) is 5.82 Å². The lowest BCUT2D eigenvalue weighted by Gasteiger charge is -2.24. The summed E-state index contributed by atoms with van der Waals surface area (Å²) >= 11 is 6.01. The van der Waals surface area contributed by atoms with E-state index in [2.05, 4.69) is 17.2 Å². The van der Waals surface area contributed by atoms with Gasteiger partial charge in [0, 0.05) is 17.8 Å². The Kier molecular flexibility index (Phi) is 3.89. The van der Waals surface area contributed by atoms with E-state index < -0.39 is 0 Å². The van der Waals surface area contributed by atoms with Crippen LogP contribution in [0.1, 0.15) is 37.8 Å². The summed E-state index contributed by atoms with van der Waals surface area (Å²) in [5.74, 6) is 2.04. The summed E-state index contributed by atoms with van der Waals surface area (Å²) in [5, 5.41) is 4.02. The van der Waals surface area contributed by atoms with Gasteiger partial charge >= 0.3 is 0 Å². The summed E-state index contributed by atoms with van der Waals surface area (Å²) in [6, 6.07) is 2.21. The van der Waals surface area contributed by atoms with Crippen molar-refractivity contribution in [3.63, 3.8) is 0 Å². The molecule has 0 radical (unpaired) electrons. The Morgan fingerprint density at radius 2 is 2.29 bits per heavy atom. The van der Waals surface area contributed by atoms with E-state index in [1.165, 1.54) is 19.3 Å². The fourth-order valence-corrected chi connectivity index (χ4v) is 3.08. The van der Waals surface area contributed by atoms with Crippen molar-refractivity contribution in [1.82, 2.24) is 10.3 Å². The molecule has 0 aromatic carbocycles. The molecule has 0 bridgehead atoms. The van der Waals surface area contributed by atoms with Crippen molar-refractivity contribution >= 4 is 17.4 Å². The van der Waals surface area contributed by atoms with Crippen LogP contribution in [0.3, 0.4) is 0 Å². The molecule has 17 heavy (non-hydrogen) atoms. The average Bonchev–Trinajstić information content (AvgIpc) is 2.71. The Bertz CT molecular complexity index is 394. The molecule has 2 rings (SSSR count). The van der Waals surface area contributed by atoms with Gasteiger partial charge < -0.3 is 11.1 Å². The molecule has 1 aromatic heterocycles. The van der Waals surface area contributed by atoms with Gasteiger partial charge in [-0.3, -0.25) is 0 Å². The monoisotopic (exact) mass is 253 g/mol. The fourth-order valence-electron chi connectivity index (χ4n) is 2.91. The van der Waals surface area contributed by atoms with E-state index in [0.717, 1.165) is 11.5 Å². The molecule has 1 aromatic rings. The first-order chi connectivity index (χ1) is 8.11. The summed E-state index contributed by atoms with van der Waals surface area (Å²) < 4.78 is 0. The zero-order valence-corrected chi connectivity index (χ0v) is 11.2. The average molecular weight is 254 g/mol. The van der Waals surface area contributed by atoms with E-state index in [1.54, 1.807) is 6.20 Å². The van der Waals surface area contributed by atoms with Gasteiger partial charge in [-0.05, 0) is 37.8 Å². The molecule has 1 heterocycles. The van der Waals surface area contributed by atoms with E-state index in [1.807, 2.05) is 13.1 Å². The van der Waals surface area contributed by atoms with Gasteiger partial charge in [-0.15, -0.1) is 0 Å².